The number of carbonyl (C=O) groups is 1. The molecule has 3 N–H and O–H groups in total. The largest absolute Gasteiger partial charge is 0.382 e. The third kappa shape index (κ3) is 3.37. The summed E-state index contributed by atoms with van der Waals surface area (Å²) in [5, 5.41) is 3.96. The van der Waals surface area contributed by atoms with E-state index in [1.807, 2.05) is 11.8 Å². The van der Waals surface area contributed by atoms with E-state index in [9.17, 15) is 4.79 Å². The van der Waals surface area contributed by atoms with Crippen LogP contribution in [0.5, 0.6) is 0 Å². The molecule has 0 spiro atoms. The molecule has 6 heteroatoms. The molecule has 5 nitrogen and oxygen atoms in total. The van der Waals surface area contributed by atoms with Crippen molar-refractivity contribution in [1.29, 1.82) is 0 Å². The molecule has 0 atom stereocenters. The van der Waals surface area contributed by atoms with Gasteiger partial charge in [0.05, 0.1) is 0 Å². The topological polar surface area (TPSA) is 71.2 Å². The number of thiazole rings is 1. The van der Waals surface area contributed by atoms with Crippen molar-refractivity contribution < 1.29 is 4.79 Å². The van der Waals surface area contributed by atoms with Gasteiger partial charge in [-0.3, -0.25) is 4.79 Å². The fourth-order valence-electron chi connectivity index (χ4n) is 1.94. The first-order valence-electron chi connectivity index (χ1n) is 6.84. The molecule has 0 radical (unpaired) electrons. The van der Waals surface area contributed by atoms with Gasteiger partial charge in [0, 0.05) is 19.1 Å². The molecule has 1 heterocycles. The molecular formula is C13H22N4OS. The second-order valence-corrected chi connectivity index (χ2v) is 6.33. The molecule has 0 aliphatic heterocycles. The highest BCUT2D eigenvalue weighted by molar-refractivity contribution is 7.18. The Labute approximate surface area is 118 Å². The molecule has 1 aromatic heterocycles. The van der Waals surface area contributed by atoms with E-state index < -0.39 is 0 Å². The number of nitrogens with zero attached hydrogens (tertiary/aromatic N) is 2. The summed E-state index contributed by atoms with van der Waals surface area (Å²) >= 11 is 1.36. The molecule has 0 bridgehead atoms. The summed E-state index contributed by atoms with van der Waals surface area (Å²) in [6.45, 7) is 7.82. The van der Waals surface area contributed by atoms with Gasteiger partial charge in [-0.1, -0.05) is 25.2 Å². The van der Waals surface area contributed by atoms with Crippen LogP contribution < -0.4 is 11.1 Å². The van der Waals surface area contributed by atoms with Crippen LogP contribution in [0, 0.1) is 5.92 Å². The first-order chi connectivity index (χ1) is 9.02. The van der Waals surface area contributed by atoms with Crippen molar-refractivity contribution in [3.63, 3.8) is 0 Å². The lowest BCUT2D eigenvalue weighted by Crippen LogP contribution is -2.32. The Hall–Kier alpha value is -1.30. The molecule has 1 aromatic rings. The maximum atomic E-state index is 12.4. The number of hydrogen-bond donors (Lipinski definition) is 2. The number of amides is 1. The van der Waals surface area contributed by atoms with Crippen molar-refractivity contribution in [3.05, 3.63) is 4.88 Å². The second kappa shape index (κ2) is 5.77. The van der Waals surface area contributed by atoms with Crippen LogP contribution >= 0.6 is 11.3 Å². The molecular weight excluding hydrogens is 260 g/mol. The summed E-state index contributed by atoms with van der Waals surface area (Å²) in [5.41, 5.74) is 5.87. The maximum absolute atomic E-state index is 12.4. The van der Waals surface area contributed by atoms with Crippen LogP contribution in [0.1, 0.15) is 43.3 Å². The molecule has 106 valence electrons. The molecule has 1 aliphatic rings. The van der Waals surface area contributed by atoms with E-state index in [1.165, 1.54) is 11.3 Å². The third-order valence-corrected chi connectivity index (χ3v) is 4.12. The molecule has 19 heavy (non-hydrogen) atoms. The number of aromatic nitrogens is 1. The van der Waals surface area contributed by atoms with Gasteiger partial charge in [-0.25, -0.2) is 4.98 Å². The van der Waals surface area contributed by atoms with Gasteiger partial charge in [-0.15, -0.1) is 0 Å². The van der Waals surface area contributed by atoms with Gasteiger partial charge in [0.1, 0.15) is 10.7 Å². The zero-order chi connectivity index (χ0) is 14.0. The van der Waals surface area contributed by atoms with Crippen molar-refractivity contribution >= 4 is 28.2 Å². The fourth-order valence-corrected chi connectivity index (χ4v) is 2.78. The van der Waals surface area contributed by atoms with Gasteiger partial charge in [-0.2, -0.15) is 0 Å². The molecule has 0 aromatic carbocycles. The standard InChI is InChI=1S/C13H22N4OS/c1-4-17(9-5-6-9)12(18)10-11(14)16-13(19-10)15-7-8(2)3/h8-9H,4-7,14H2,1-3H3,(H,15,16). The van der Waals surface area contributed by atoms with Gasteiger partial charge in [-0.05, 0) is 25.7 Å². The van der Waals surface area contributed by atoms with E-state index >= 15 is 0 Å². The van der Waals surface area contributed by atoms with E-state index in [-0.39, 0.29) is 5.91 Å². The number of nitrogen functional groups attached to an aromatic ring is 1. The number of nitrogens with one attached hydrogen (secondary N) is 1. The molecule has 1 saturated carbocycles. The minimum Gasteiger partial charge on any atom is -0.382 e. The first-order valence-corrected chi connectivity index (χ1v) is 7.65. The van der Waals surface area contributed by atoms with Gasteiger partial charge in [0.25, 0.3) is 5.91 Å². The van der Waals surface area contributed by atoms with Gasteiger partial charge in [0.2, 0.25) is 0 Å². The van der Waals surface area contributed by atoms with Crippen LogP contribution in [0.25, 0.3) is 0 Å². The minimum atomic E-state index is 0.0256. The Bertz CT molecular complexity index is 453. The summed E-state index contributed by atoms with van der Waals surface area (Å²) in [5.74, 6) is 0.904. The van der Waals surface area contributed by atoms with Crippen LogP contribution in [0.3, 0.4) is 0 Å². The van der Waals surface area contributed by atoms with Crippen LogP contribution in [0.4, 0.5) is 10.9 Å². The Balaban J connectivity index is 2.08. The van der Waals surface area contributed by atoms with E-state index in [4.69, 9.17) is 5.73 Å². The Morgan fingerprint density at radius 1 is 1.58 bits per heavy atom. The van der Waals surface area contributed by atoms with Crippen molar-refractivity contribution in [1.82, 2.24) is 9.88 Å². The SMILES string of the molecule is CCN(C(=O)c1sc(NCC(C)C)nc1N)C1CC1. The van der Waals surface area contributed by atoms with E-state index in [0.717, 1.165) is 31.1 Å². The number of anilines is 2. The highest BCUT2D eigenvalue weighted by Gasteiger charge is 2.33. The predicted octanol–water partition coefficient (Wildman–Crippen LogP) is 2.42. The van der Waals surface area contributed by atoms with E-state index in [0.29, 0.717) is 22.7 Å². The average molecular weight is 282 g/mol. The molecule has 0 unspecified atom stereocenters. The highest BCUT2D eigenvalue weighted by Crippen LogP contribution is 2.32. The third-order valence-electron chi connectivity index (χ3n) is 3.10. The minimum absolute atomic E-state index is 0.0256. The summed E-state index contributed by atoms with van der Waals surface area (Å²) in [6.07, 6.45) is 2.22. The van der Waals surface area contributed by atoms with Crippen molar-refractivity contribution in [2.45, 2.75) is 39.7 Å². The van der Waals surface area contributed by atoms with Crippen LogP contribution in [0.15, 0.2) is 0 Å². The number of rotatable bonds is 6. The maximum Gasteiger partial charge on any atom is 0.268 e. The van der Waals surface area contributed by atoms with E-state index in [1.54, 1.807) is 0 Å². The Morgan fingerprint density at radius 2 is 2.26 bits per heavy atom. The van der Waals surface area contributed by atoms with E-state index in [2.05, 4.69) is 24.1 Å². The quantitative estimate of drug-likeness (QED) is 0.840. The highest BCUT2D eigenvalue weighted by atomic mass is 32.1. The molecule has 0 saturated heterocycles. The van der Waals surface area contributed by atoms with Crippen molar-refractivity contribution in [3.8, 4) is 0 Å². The lowest BCUT2D eigenvalue weighted by atomic mass is 10.2. The number of nitrogens with two attached hydrogens (primary N) is 1. The normalized spacial score (nSPS) is 14.7. The predicted molar refractivity (Wildman–Crippen MR) is 79.6 cm³/mol. The lowest BCUT2D eigenvalue weighted by Gasteiger charge is -2.19. The monoisotopic (exact) mass is 282 g/mol. The summed E-state index contributed by atoms with van der Waals surface area (Å²) in [4.78, 5) is 19.1. The number of carbonyl (C=O) groups excluding carboxylic acids is 1. The second-order valence-electron chi connectivity index (χ2n) is 5.33. The van der Waals surface area contributed by atoms with Crippen LogP contribution in [0.2, 0.25) is 0 Å². The molecule has 2 rings (SSSR count). The zero-order valence-corrected chi connectivity index (χ0v) is 12.6. The summed E-state index contributed by atoms with van der Waals surface area (Å²) < 4.78 is 0. The van der Waals surface area contributed by atoms with Crippen LogP contribution in [-0.2, 0) is 0 Å². The molecule has 1 amide bonds. The van der Waals surface area contributed by atoms with Gasteiger partial charge < -0.3 is 16.0 Å². The Morgan fingerprint density at radius 3 is 2.79 bits per heavy atom. The Kier molecular flexibility index (Phi) is 4.29. The molecule has 1 aliphatic carbocycles. The lowest BCUT2D eigenvalue weighted by molar-refractivity contribution is 0.0758. The summed E-state index contributed by atoms with van der Waals surface area (Å²) in [7, 11) is 0. The van der Waals surface area contributed by atoms with Crippen LogP contribution in [-0.4, -0.2) is 34.9 Å². The van der Waals surface area contributed by atoms with Crippen molar-refractivity contribution in [2.75, 3.05) is 24.1 Å². The molecule has 1 fully saturated rings. The van der Waals surface area contributed by atoms with Gasteiger partial charge >= 0.3 is 0 Å². The van der Waals surface area contributed by atoms with Crippen molar-refractivity contribution in [2.24, 2.45) is 5.92 Å². The number of hydrogen-bond acceptors (Lipinski definition) is 5. The first kappa shape index (κ1) is 14.1. The zero-order valence-electron chi connectivity index (χ0n) is 11.8. The summed E-state index contributed by atoms with van der Waals surface area (Å²) in [6, 6.07) is 0.408. The van der Waals surface area contributed by atoms with Gasteiger partial charge in [0.15, 0.2) is 5.13 Å². The smallest absolute Gasteiger partial charge is 0.268 e. The fraction of sp³-hybridized carbons (Fsp3) is 0.692. The average Bonchev–Trinajstić information content (AvgIpc) is 3.11.